The monoisotopic (exact) mass is 190 g/mol. The van der Waals surface area contributed by atoms with Gasteiger partial charge in [-0.05, 0) is 36.0 Å². The van der Waals surface area contributed by atoms with Crippen LogP contribution in [0.3, 0.4) is 0 Å². The first-order valence-corrected chi connectivity index (χ1v) is 5.45. The smallest absolute Gasteiger partial charge is 0.119 e. The summed E-state index contributed by atoms with van der Waals surface area (Å²) < 4.78 is 5.25. The molecule has 1 aromatic rings. The van der Waals surface area contributed by atoms with Crippen molar-refractivity contribution < 1.29 is 4.74 Å². The van der Waals surface area contributed by atoms with Gasteiger partial charge in [-0.2, -0.15) is 0 Å². The van der Waals surface area contributed by atoms with Crippen LogP contribution in [-0.2, 0) is 0 Å². The van der Waals surface area contributed by atoms with Crippen LogP contribution in [0.25, 0.3) is 0 Å². The highest BCUT2D eigenvalue weighted by Gasteiger charge is 2.24. The zero-order chi connectivity index (χ0) is 9.97. The molecule has 0 bridgehead atoms. The van der Waals surface area contributed by atoms with Gasteiger partial charge in [-0.3, -0.25) is 0 Å². The first-order valence-electron chi connectivity index (χ1n) is 5.45. The van der Waals surface area contributed by atoms with Gasteiger partial charge in [0.15, 0.2) is 0 Å². The third kappa shape index (κ3) is 1.77. The Bertz CT molecular complexity index is 306. The van der Waals surface area contributed by atoms with Crippen LogP contribution in [0.15, 0.2) is 24.3 Å². The first-order chi connectivity index (χ1) is 6.81. The maximum atomic E-state index is 5.25. The molecule has 1 aliphatic rings. The minimum absolute atomic E-state index is 0.755. The largest absolute Gasteiger partial charge is 0.497 e. The van der Waals surface area contributed by atoms with Gasteiger partial charge in [0.2, 0.25) is 0 Å². The lowest BCUT2D eigenvalue weighted by molar-refractivity contribution is 0.413. The summed E-state index contributed by atoms with van der Waals surface area (Å²) in [5.74, 6) is 2.58. The minimum atomic E-state index is 0.755. The SMILES string of the molecule is COc1cccc([C@@H]2CCC[C@@H]2C)c1. The molecule has 76 valence electrons. The molecular weight excluding hydrogens is 172 g/mol. The van der Waals surface area contributed by atoms with Crippen molar-refractivity contribution in [2.45, 2.75) is 32.1 Å². The Morgan fingerprint density at radius 1 is 1.29 bits per heavy atom. The third-order valence-corrected chi connectivity index (χ3v) is 3.38. The molecule has 2 rings (SSSR count). The summed E-state index contributed by atoms with van der Waals surface area (Å²) in [6.07, 6.45) is 4.10. The van der Waals surface area contributed by atoms with Crippen molar-refractivity contribution in [3.63, 3.8) is 0 Å². The predicted octanol–water partition coefficient (Wildman–Crippen LogP) is 3.60. The van der Waals surface area contributed by atoms with E-state index in [9.17, 15) is 0 Å². The molecule has 0 aliphatic heterocycles. The second kappa shape index (κ2) is 4.04. The van der Waals surface area contributed by atoms with E-state index in [1.54, 1.807) is 7.11 Å². The van der Waals surface area contributed by atoms with Crippen molar-refractivity contribution in [2.24, 2.45) is 5.92 Å². The first kappa shape index (κ1) is 9.57. The van der Waals surface area contributed by atoms with E-state index in [1.165, 1.54) is 24.8 Å². The van der Waals surface area contributed by atoms with E-state index in [0.29, 0.717) is 0 Å². The van der Waals surface area contributed by atoms with Gasteiger partial charge in [0.1, 0.15) is 5.75 Å². The van der Waals surface area contributed by atoms with Crippen LogP contribution < -0.4 is 4.74 Å². The third-order valence-electron chi connectivity index (χ3n) is 3.38. The molecule has 1 fully saturated rings. The maximum absolute atomic E-state index is 5.25. The van der Waals surface area contributed by atoms with Crippen molar-refractivity contribution in [2.75, 3.05) is 7.11 Å². The van der Waals surface area contributed by atoms with Crippen molar-refractivity contribution in [3.8, 4) is 5.75 Å². The van der Waals surface area contributed by atoms with Gasteiger partial charge in [-0.1, -0.05) is 31.9 Å². The summed E-state index contributed by atoms with van der Waals surface area (Å²) >= 11 is 0. The van der Waals surface area contributed by atoms with E-state index < -0.39 is 0 Å². The summed E-state index contributed by atoms with van der Waals surface area (Å²) in [5.41, 5.74) is 1.45. The lowest BCUT2D eigenvalue weighted by atomic mass is 9.90. The van der Waals surface area contributed by atoms with E-state index in [2.05, 4.69) is 25.1 Å². The van der Waals surface area contributed by atoms with Gasteiger partial charge in [-0.25, -0.2) is 0 Å². The fourth-order valence-electron chi connectivity index (χ4n) is 2.51. The van der Waals surface area contributed by atoms with E-state index in [0.717, 1.165) is 17.6 Å². The fraction of sp³-hybridized carbons (Fsp3) is 0.538. The minimum Gasteiger partial charge on any atom is -0.497 e. The zero-order valence-electron chi connectivity index (χ0n) is 8.99. The summed E-state index contributed by atoms with van der Waals surface area (Å²) in [6, 6.07) is 8.53. The molecule has 0 spiro atoms. The normalized spacial score (nSPS) is 26.4. The van der Waals surface area contributed by atoms with Crippen LogP contribution in [0.4, 0.5) is 0 Å². The maximum Gasteiger partial charge on any atom is 0.119 e. The molecule has 1 saturated carbocycles. The highest BCUT2D eigenvalue weighted by Crippen LogP contribution is 2.39. The Hall–Kier alpha value is -0.980. The standard InChI is InChI=1S/C13H18O/c1-10-5-3-8-13(10)11-6-4-7-12(9-11)14-2/h4,6-7,9-10,13H,3,5,8H2,1-2H3/t10-,13+/m0/s1. The Labute approximate surface area is 86.1 Å². The predicted molar refractivity (Wildman–Crippen MR) is 58.8 cm³/mol. The van der Waals surface area contributed by atoms with Crippen LogP contribution in [0.2, 0.25) is 0 Å². The Morgan fingerprint density at radius 2 is 2.14 bits per heavy atom. The molecule has 1 aliphatic carbocycles. The number of rotatable bonds is 2. The molecule has 1 heteroatoms. The molecule has 2 atom stereocenters. The number of hydrogen-bond donors (Lipinski definition) is 0. The molecule has 0 N–H and O–H groups in total. The van der Waals surface area contributed by atoms with E-state index in [1.807, 2.05) is 6.07 Å². The summed E-state index contributed by atoms with van der Waals surface area (Å²) in [7, 11) is 1.73. The van der Waals surface area contributed by atoms with Crippen LogP contribution in [0, 0.1) is 5.92 Å². The summed E-state index contributed by atoms with van der Waals surface area (Å²) in [5, 5.41) is 0. The van der Waals surface area contributed by atoms with Crippen LogP contribution in [0.5, 0.6) is 5.75 Å². The molecule has 0 amide bonds. The van der Waals surface area contributed by atoms with Gasteiger partial charge < -0.3 is 4.74 Å². The fourth-order valence-corrected chi connectivity index (χ4v) is 2.51. The Balaban J connectivity index is 2.22. The molecule has 0 saturated heterocycles. The number of ether oxygens (including phenoxy) is 1. The average Bonchev–Trinajstić information content (AvgIpc) is 2.65. The van der Waals surface area contributed by atoms with Gasteiger partial charge >= 0.3 is 0 Å². The van der Waals surface area contributed by atoms with Crippen LogP contribution in [0.1, 0.15) is 37.7 Å². The summed E-state index contributed by atoms with van der Waals surface area (Å²) in [4.78, 5) is 0. The lowest BCUT2D eigenvalue weighted by Crippen LogP contribution is -2.01. The van der Waals surface area contributed by atoms with E-state index >= 15 is 0 Å². The quantitative estimate of drug-likeness (QED) is 0.692. The van der Waals surface area contributed by atoms with Gasteiger partial charge in [0.25, 0.3) is 0 Å². The Kier molecular flexibility index (Phi) is 2.76. The molecule has 1 nitrogen and oxygen atoms in total. The second-order valence-corrected chi connectivity index (χ2v) is 4.29. The van der Waals surface area contributed by atoms with Crippen LogP contribution in [-0.4, -0.2) is 7.11 Å². The number of methoxy groups -OCH3 is 1. The van der Waals surface area contributed by atoms with E-state index in [4.69, 9.17) is 4.74 Å². The van der Waals surface area contributed by atoms with Gasteiger partial charge in [-0.15, -0.1) is 0 Å². The zero-order valence-corrected chi connectivity index (χ0v) is 8.99. The Morgan fingerprint density at radius 3 is 2.79 bits per heavy atom. The number of benzene rings is 1. The van der Waals surface area contributed by atoms with Gasteiger partial charge in [0, 0.05) is 0 Å². The van der Waals surface area contributed by atoms with E-state index in [-0.39, 0.29) is 0 Å². The second-order valence-electron chi connectivity index (χ2n) is 4.29. The lowest BCUT2D eigenvalue weighted by Gasteiger charge is -2.16. The molecule has 14 heavy (non-hydrogen) atoms. The molecule has 0 unspecified atom stereocenters. The van der Waals surface area contributed by atoms with Gasteiger partial charge in [0.05, 0.1) is 7.11 Å². The summed E-state index contributed by atoms with van der Waals surface area (Å²) in [6.45, 7) is 2.36. The number of hydrogen-bond acceptors (Lipinski definition) is 1. The average molecular weight is 190 g/mol. The molecular formula is C13H18O. The van der Waals surface area contributed by atoms with Crippen LogP contribution >= 0.6 is 0 Å². The molecule has 0 heterocycles. The molecule has 1 aromatic carbocycles. The van der Waals surface area contributed by atoms with Crippen molar-refractivity contribution >= 4 is 0 Å². The molecule has 0 aromatic heterocycles. The molecule has 0 radical (unpaired) electrons. The van der Waals surface area contributed by atoms with Crippen molar-refractivity contribution in [1.82, 2.24) is 0 Å². The van der Waals surface area contributed by atoms with Crippen molar-refractivity contribution in [3.05, 3.63) is 29.8 Å². The van der Waals surface area contributed by atoms with Crippen molar-refractivity contribution in [1.29, 1.82) is 0 Å². The topological polar surface area (TPSA) is 9.23 Å². The highest BCUT2D eigenvalue weighted by atomic mass is 16.5. The highest BCUT2D eigenvalue weighted by molar-refractivity contribution is 5.31.